The Hall–Kier alpha value is -1.42. The molecule has 0 aromatic carbocycles. The van der Waals surface area contributed by atoms with E-state index in [1.54, 1.807) is 0 Å². The normalized spacial score (nSPS) is 10.8. The molecule has 4 nitrogen and oxygen atoms in total. The summed E-state index contributed by atoms with van der Waals surface area (Å²) in [5.74, 6) is -0.787. The number of carbonyl (C=O) groups is 1. The van der Waals surface area contributed by atoms with Crippen molar-refractivity contribution in [3.05, 3.63) is 29.6 Å². The summed E-state index contributed by atoms with van der Waals surface area (Å²) in [6.07, 6.45) is 1.85. The van der Waals surface area contributed by atoms with Crippen LogP contribution in [0.25, 0.3) is 0 Å². The number of pyridine rings is 1. The molecule has 0 radical (unpaired) electrons. The second-order valence-electron chi connectivity index (χ2n) is 4.08. The second kappa shape index (κ2) is 7.01. The van der Waals surface area contributed by atoms with Crippen LogP contribution < -0.4 is 0 Å². The first-order chi connectivity index (χ1) is 8.15. The topological polar surface area (TPSA) is 53.4 Å². The molecule has 0 saturated carbocycles. The maximum atomic E-state index is 10.7. The third-order valence-corrected chi connectivity index (χ3v) is 2.51. The van der Waals surface area contributed by atoms with Gasteiger partial charge < -0.3 is 5.11 Å². The average Bonchev–Trinajstić information content (AvgIpc) is 2.29. The summed E-state index contributed by atoms with van der Waals surface area (Å²) in [5.41, 5.74) is 1.99. The van der Waals surface area contributed by atoms with Gasteiger partial charge in [0.15, 0.2) is 0 Å². The van der Waals surface area contributed by atoms with Crippen molar-refractivity contribution in [1.29, 1.82) is 0 Å². The van der Waals surface area contributed by atoms with E-state index in [-0.39, 0.29) is 6.54 Å². The predicted octanol–water partition coefficient (Wildman–Crippen LogP) is 1.94. The zero-order chi connectivity index (χ0) is 12.7. The van der Waals surface area contributed by atoms with Crippen LogP contribution in [0, 0.1) is 0 Å². The second-order valence-corrected chi connectivity index (χ2v) is 4.08. The standard InChI is InChI=1S/C13H20N2O2/c1-3-8-15(10-13(16)17)9-12-7-5-6-11(4-2)14-12/h5-7H,3-4,8-10H2,1-2H3,(H,16,17). The van der Waals surface area contributed by atoms with Crippen molar-refractivity contribution >= 4 is 5.97 Å². The molecule has 0 aliphatic heterocycles. The van der Waals surface area contributed by atoms with Gasteiger partial charge in [-0.2, -0.15) is 0 Å². The van der Waals surface area contributed by atoms with E-state index in [2.05, 4.69) is 11.9 Å². The fourth-order valence-corrected chi connectivity index (χ4v) is 1.76. The van der Waals surface area contributed by atoms with Gasteiger partial charge in [0.1, 0.15) is 0 Å². The molecule has 17 heavy (non-hydrogen) atoms. The van der Waals surface area contributed by atoms with Gasteiger partial charge in [-0.15, -0.1) is 0 Å². The number of rotatable bonds is 7. The Kier molecular flexibility index (Phi) is 5.63. The molecule has 0 atom stereocenters. The number of hydrogen-bond donors (Lipinski definition) is 1. The Morgan fingerprint density at radius 1 is 1.35 bits per heavy atom. The lowest BCUT2D eigenvalue weighted by atomic mass is 10.2. The third-order valence-electron chi connectivity index (χ3n) is 2.51. The van der Waals surface area contributed by atoms with Gasteiger partial charge in [-0.25, -0.2) is 0 Å². The van der Waals surface area contributed by atoms with Gasteiger partial charge in [-0.05, 0) is 31.5 Å². The minimum absolute atomic E-state index is 0.0753. The molecule has 1 aromatic heterocycles. The molecule has 0 aliphatic carbocycles. The molecular weight excluding hydrogens is 216 g/mol. The summed E-state index contributed by atoms with van der Waals surface area (Å²) in [4.78, 5) is 17.1. The van der Waals surface area contributed by atoms with Crippen LogP contribution in [0.15, 0.2) is 18.2 Å². The zero-order valence-corrected chi connectivity index (χ0v) is 10.5. The van der Waals surface area contributed by atoms with Gasteiger partial charge in [0.2, 0.25) is 0 Å². The fourth-order valence-electron chi connectivity index (χ4n) is 1.76. The Bertz CT molecular complexity index is 366. The summed E-state index contributed by atoms with van der Waals surface area (Å²) < 4.78 is 0. The molecule has 0 amide bonds. The molecule has 4 heteroatoms. The van der Waals surface area contributed by atoms with E-state index in [4.69, 9.17) is 5.11 Å². The molecule has 0 fully saturated rings. The molecular formula is C13H20N2O2. The highest BCUT2D eigenvalue weighted by Crippen LogP contribution is 2.05. The lowest BCUT2D eigenvalue weighted by Crippen LogP contribution is -2.30. The largest absolute Gasteiger partial charge is 0.480 e. The summed E-state index contributed by atoms with van der Waals surface area (Å²) in [6.45, 7) is 5.57. The molecule has 0 bridgehead atoms. The van der Waals surface area contributed by atoms with E-state index in [0.717, 1.165) is 30.8 Å². The van der Waals surface area contributed by atoms with Gasteiger partial charge in [0.25, 0.3) is 0 Å². The van der Waals surface area contributed by atoms with Crippen LogP contribution in [0.3, 0.4) is 0 Å². The average molecular weight is 236 g/mol. The molecule has 1 N–H and O–H groups in total. The van der Waals surface area contributed by atoms with Crippen molar-refractivity contribution in [2.45, 2.75) is 33.2 Å². The molecule has 1 aromatic rings. The van der Waals surface area contributed by atoms with Crippen LogP contribution in [0.2, 0.25) is 0 Å². The minimum Gasteiger partial charge on any atom is -0.480 e. The smallest absolute Gasteiger partial charge is 0.317 e. The van der Waals surface area contributed by atoms with Crippen molar-refractivity contribution < 1.29 is 9.90 Å². The van der Waals surface area contributed by atoms with Crippen LogP contribution in [-0.2, 0) is 17.8 Å². The first-order valence-electron chi connectivity index (χ1n) is 6.04. The van der Waals surface area contributed by atoms with E-state index in [0.29, 0.717) is 6.54 Å². The lowest BCUT2D eigenvalue weighted by molar-refractivity contribution is -0.138. The van der Waals surface area contributed by atoms with Crippen molar-refractivity contribution in [2.24, 2.45) is 0 Å². The molecule has 1 heterocycles. The minimum atomic E-state index is -0.787. The number of hydrogen-bond acceptors (Lipinski definition) is 3. The first kappa shape index (κ1) is 13.6. The summed E-state index contributed by atoms with van der Waals surface area (Å²) >= 11 is 0. The number of carboxylic acids is 1. The number of nitrogens with zero attached hydrogens (tertiary/aromatic N) is 2. The van der Waals surface area contributed by atoms with Crippen LogP contribution in [0.4, 0.5) is 0 Å². The number of aliphatic carboxylic acids is 1. The highest BCUT2D eigenvalue weighted by Gasteiger charge is 2.10. The van der Waals surface area contributed by atoms with Crippen LogP contribution in [0.1, 0.15) is 31.7 Å². The maximum absolute atomic E-state index is 10.7. The number of carboxylic acid groups (broad SMARTS) is 1. The SMILES string of the molecule is CCCN(CC(=O)O)Cc1cccc(CC)n1. The highest BCUT2D eigenvalue weighted by molar-refractivity contribution is 5.69. The van der Waals surface area contributed by atoms with Crippen molar-refractivity contribution in [3.8, 4) is 0 Å². The zero-order valence-electron chi connectivity index (χ0n) is 10.5. The van der Waals surface area contributed by atoms with Gasteiger partial charge in [-0.3, -0.25) is 14.7 Å². The molecule has 94 valence electrons. The molecule has 0 aliphatic rings. The highest BCUT2D eigenvalue weighted by atomic mass is 16.4. The Labute approximate surface area is 102 Å². The maximum Gasteiger partial charge on any atom is 0.317 e. The van der Waals surface area contributed by atoms with Crippen LogP contribution >= 0.6 is 0 Å². The van der Waals surface area contributed by atoms with Crippen molar-refractivity contribution in [2.75, 3.05) is 13.1 Å². The van der Waals surface area contributed by atoms with Gasteiger partial charge >= 0.3 is 5.97 Å². The number of aromatic nitrogens is 1. The molecule has 0 saturated heterocycles. The quantitative estimate of drug-likeness (QED) is 0.786. The van der Waals surface area contributed by atoms with E-state index in [1.165, 1.54) is 0 Å². The Morgan fingerprint density at radius 2 is 2.06 bits per heavy atom. The molecule has 1 rings (SSSR count). The van der Waals surface area contributed by atoms with Crippen LogP contribution in [0.5, 0.6) is 0 Å². The Morgan fingerprint density at radius 3 is 2.65 bits per heavy atom. The van der Waals surface area contributed by atoms with Gasteiger partial charge in [-0.1, -0.05) is 19.9 Å². The van der Waals surface area contributed by atoms with Crippen LogP contribution in [-0.4, -0.2) is 34.0 Å². The first-order valence-corrected chi connectivity index (χ1v) is 6.04. The van der Waals surface area contributed by atoms with E-state index in [1.807, 2.05) is 30.0 Å². The van der Waals surface area contributed by atoms with E-state index < -0.39 is 5.97 Å². The van der Waals surface area contributed by atoms with Crippen molar-refractivity contribution in [1.82, 2.24) is 9.88 Å². The van der Waals surface area contributed by atoms with E-state index in [9.17, 15) is 4.79 Å². The molecule has 0 unspecified atom stereocenters. The van der Waals surface area contributed by atoms with Gasteiger partial charge in [0, 0.05) is 12.2 Å². The predicted molar refractivity (Wildman–Crippen MR) is 66.8 cm³/mol. The summed E-state index contributed by atoms with van der Waals surface area (Å²) in [5, 5.41) is 8.83. The number of aryl methyl sites for hydroxylation is 1. The fraction of sp³-hybridized carbons (Fsp3) is 0.538. The lowest BCUT2D eigenvalue weighted by Gasteiger charge is -2.19. The third kappa shape index (κ3) is 4.95. The van der Waals surface area contributed by atoms with Gasteiger partial charge in [0.05, 0.1) is 12.2 Å². The Balaban J connectivity index is 2.67. The monoisotopic (exact) mass is 236 g/mol. The summed E-state index contributed by atoms with van der Waals surface area (Å²) in [6, 6.07) is 5.92. The molecule has 0 spiro atoms. The van der Waals surface area contributed by atoms with Crippen molar-refractivity contribution in [3.63, 3.8) is 0 Å². The summed E-state index contributed by atoms with van der Waals surface area (Å²) in [7, 11) is 0. The van der Waals surface area contributed by atoms with E-state index >= 15 is 0 Å².